The van der Waals surface area contributed by atoms with Gasteiger partial charge < -0.3 is 9.84 Å². The first-order chi connectivity index (χ1) is 10.1. The molecule has 1 N–H and O–H groups in total. The van der Waals surface area contributed by atoms with E-state index in [2.05, 4.69) is 4.98 Å². The van der Waals surface area contributed by atoms with Gasteiger partial charge in [-0.25, -0.2) is 4.39 Å². The van der Waals surface area contributed by atoms with Crippen molar-refractivity contribution in [1.82, 2.24) is 4.98 Å². The van der Waals surface area contributed by atoms with E-state index in [0.29, 0.717) is 11.5 Å². The van der Waals surface area contributed by atoms with Gasteiger partial charge in [0.1, 0.15) is 17.3 Å². The van der Waals surface area contributed by atoms with Crippen LogP contribution in [0.5, 0.6) is 11.5 Å². The van der Waals surface area contributed by atoms with E-state index in [1.165, 1.54) is 13.0 Å². The van der Waals surface area contributed by atoms with Gasteiger partial charge in [0.2, 0.25) is 0 Å². The molecule has 2 aromatic carbocycles. The number of fused-ring (bicyclic) bond motifs is 1. The Bertz CT molecular complexity index is 787. The van der Waals surface area contributed by atoms with Gasteiger partial charge in [0.05, 0.1) is 17.2 Å². The summed E-state index contributed by atoms with van der Waals surface area (Å²) in [6.07, 6.45) is 0.759. The van der Waals surface area contributed by atoms with Gasteiger partial charge in [-0.15, -0.1) is 0 Å². The summed E-state index contributed by atoms with van der Waals surface area (Å²) in [5, 5.41) is 10.7. The summed E-state index contributed by atoms with van der Waals surface area (Å²) in [5.74, 6) is 0.371. The number of aliphatic hydroxyl groups excluding tert-OH is 1. The van der Waals surface area contributed by atoms with Gasteiger partial charge in [-0.05, 0) is 37.3 Å². The summed E-state index contributed by atoms with van der Waals surface area (Å²) >= 11 is 0. The molecule has 3 rings (SSSR count). The molecule has 0 bridgehead atoms. The van der Waals surface area contributed by atoms with Crippen LogP contribution in [0.15, 0.2) is 54.7 Å². The van der Waals surface area contributed by atoms with Crippen LogP contribution in [0.4, 0.5) is 4.39 Å². The van der Waals surface area contributed by atoms with Crippen LogP contribution in [0.25, 0.3) is 10.9 Å². The zero-order valence-corrected chi connectivity index (χ0v) is 11.5. The lowest BCUT2D eigenvalue weighted by molar-refractivity contribution is 0.190. The number of hydrogen-bond donors (Lipinski definition) is 1. The van der Waals surface area contributed by atoms with Crippen molar-refractivity contribution in [2.75, 3.05) is 0 Å². The molecule has 4 heteroatoms. The first kappa shape index (κ1) is 13.5. The largest absolute Gasteiger partial charge is 0.457 e. The van der Waals surface area contributed by atoms with Crippen molar-refractivity contribution < 1.29 is 14.2 Å². The number of aromatic nitrogens is 1. The number of ether oxygens (including phenoxy) is 1. The van der Waals surface area contributed by atoms with Crippen molar-refractivity contribution in [3.63, 3.8) is 0 Å². The van der Waals surface area contributed by atoms with E-state index < -0.39 is 11.9 Å². The van der Waals surface area contributed by atoms with E-state index in [1.807, 2.05) is 18.2 Å². The Kier molecular flexibility index (Phi) is 3.54. The minimum atomic E-state index is -0.945. The van der Waals surface area contributed by atoms with E-state index in [1.54, 1.807) is 30.5 Å². The molecule has 0 fully saturated rings. The fourth-order valence-electron chi connectivity index (χ4n) is 2.25. The van der Waals surface area contributed by atoms with Gasteiger partial charge in [0.15, 0.2) is 0 Å². The molecule has 0 saturated heterocycles. The molecule has 0 unspecified atom stereocenters. The SMILES string of the molecule is C[C@@H](O)c1c(F)cccc1Oc1ccc2cccnc2c1. The van der Waals surface area contributed by atoms with Gasteiger partial charge in [0.25, 0.3) is 0 Å². The predicted molar refractivity (Wildman–Crippen MR) is 78.9 cm³/mol. The number of benzene rings is 2. The van der Waals surface area contributed by atoms with E-state index in [9.17, 15) is 9.50 Å². The Balaban J connectivity index is 2.00. The second-order valence-electron chi connectivity index (χ2n) is 4.79. The van der Waals surface area contributed by atoms with Crippen LogP contribution in [0.2, 0.25) is 0 Å². The van der Waals surface area contributed by atoms with Crippen LogP contribution >= 0.6 is 0 Å². The topological polar surface area (TPSA) is 42.4 Å². The minimum absolute atomic E-state index is 0.151. The van der Waals surface area contributed by atoms with E-state index in [0.717, 1.165) is 10.9 Å². The molecule has 0 spiro atoms. The van der Waals surface area contributed by atoms with E-state index in [4.69, 9.17) is 4.74 Å². The highest BCUT2D eigenvalue weighted by molar-refractivity contribution is 5.79. The van der Waals surface area contributed by atoms with Crippen molar-refractivity contribution in [2.24, 2.45) is 0 Å². The van der Waals surface area contributed by atoms with Crippen molar-refractivity contribution >= 4 is 10.9 Å². The van der Waals surface area contributed by atoms with Gasteiger partial charge in [-0.2, -0.15) is 0 Å². The first-order valence-electron chi connectivity index (χ1n) is 6.64. The van der Waals surface area contributed by atoms with Crippen LogP contribution in [0.1, 0.15) is 18.6 Å². The van der Waals surface area contributed by atoms with Gasteiger partial charge >= 0.3 is 0 Å². The molecule has 3 aromatic rings. The Hall–Kier alpha value is -2.46. The minimum Gasteiger partial charge on any atom is -0.457 e. The predicted octanol–water partition coefficient (Wildman–Crippen LogP) is 4.22. The van der Waals surface area contributed by atoms with Crippen molar-refractivity contribution in [3.05, 3.63) is 66.1 Å². The third-order valence-corrected chi connectivity index (χ3v) is 3.24. The number of halogens is 1. The lowest BCUT2D eigenvalue weighted by atomic mass is 10.1. The second-order valence-corrected chi connectivity index (χ2v) is 4.79. The maximum absolute atomic E-state index is 13.8. The third kappa shape index (κ3) is 2.71. The molecule has 21 heavy (non-hydrogen) atoms. The fourth-order valence-corrected chi connectivity index (χ4v) is 2.25. The standard InChI is InChI=1S/C17H14FNO2/c1-11(20)17-14(18)5-2-6-16(17)21-13-8-7-12-4-3-9-19-15(12)10-13/h2-11,20H,1H3/t11-/m1/s1. The van der Waals surface area contributed by atoms with Crippen molar-refractivity contribution in [1.29, 1.82) is 0 Å². The summed E-state index contributed by atoms with van der Waals surface area (Å²) in [7, 11) is 0. The molecule has 0 aliphatic carbocycles. The van der Waals surface area contributed by atoms with Gasteiger partial charge in [0, 0.05) is 17.6 Å². The molecule has 0 radical (unpaired) electrons. The maximum atomic E-state index is 13.8. The molecule has 106 valence electrons. The highest BCUT2D eigenvalue weighted by atomic mass is 19.1. The summed E-state index contributed by atoms with van der Waals surface area (Å²) in [6, 6.07) is 13.8. The number of nitrogens with zero attached hydrogens (tertiary/aromatic N) is 1. The lowest BCUT2D eigenvalue weighted by Gasteiger charge is -2.14. The third-order valence-electron chi connectivity index (χ3n) is 3.24. The molecule has 1 aromatic heterocycles. The van der Waals surface area contributed by atoms with E-state index >= 15 is 0 Å². The summed E-state index contributed by atoms with van der Waals surface area (Å²) < 4.78 is 19.5. The molecular formula is C17H14FNO2. The van der Waals surface area contributed by atoms with Gasteiger partial charge in [-0.3, -0.25) is 4.98 Å². The molecule has 3 nitrogen and oxygen atoms in total. The van der Waals surface area contributed by atoms with Crippen LogP contribution in [0.3, 0.4) is 0 Å². The Labute approximate surface area is 121 Å². The molecular weight excluding hydrogens is 269 g/mol. The van der Waals surface area contributed by atoms with Crippen LogP contribution in [-0.2, 0) is 0 Å². The Morgan fingerprint density at radius 2 is 2.00 bits per heavy atom. The fraction of sp³-hybridized carbons (Fsp3) is 0.118. The Morgan fingerprint density at radius 1 is 1.14 bits per heavy atom. The van der Waals surface area contributed by atoms with Crippen molar-refractivity contribution in [3.8, 4) is 11.5 Å². The number of aliphatic hydroxyl groups is 1. The highest BCUT2D eigenvalue weighted by Gasteiger charge is 2.15. The van der Waals surface area contributed by atoms with Crippen LogP contribution in [-0.4, -0.2) is 10.1 Å². The summed E-state index contributed by atoms with van der Waals surface area (Å²) in [4.78, 5) is 4.26. The quantitative estimate of drug-likeness (QED) is 0.782. The summed E-state index contributed by atoms with van der Waals surface area (Å²) in [5.41, 5.74) is 0.948. The molecule has 1 heterocycles. The Morgan fingerprint density at radius 3 is 2.81 bits per heavy atom. The zero-order chi connectivity index (χ0) is 14.8. The average molecular weight is 283 g/mol. The first-order valence-corrected chi connectivity index (χ1v) is 6.64. The number of rotatable bonds is 3. The van der Waals surface area contributed by atoms with Gasteiger partial charge in [-0.1, -0.05) is 12.1 Å². The molecule has 0 aliphatic heterocycles. The lowest BCUT2D eigenvalue weighted by Crippen LogP contribution is -1.99. The average Bonchev–Trinajstić information content (AvgIpc) is 2.47. The maximum Gasteiger partial charge on any atom is 0.136 e. The molecule has 0 saturated carbocycles. The molecule has 0 aliphatic rings. The molecule has 0 amide bonds. The summed E-state index contributed by atoms with van der Waals surface area (Å²) in [6.45, 7) is 1.51. The molecule has 1 atom stereocenters. The number of pyridine rings is 1. The second kappa shape index (κ2) is 5.50. The zero-order valence-electron chi connectivity index (χ0n) is 11.5. The smallest absolute Gasteiger partial charge is 0.136 e. The highest BCUT2D eigenvalue weighted by Crippen LogP contribution is 2.32. The van der Waals surface area contributed by atoms with E-state index in [-0.39, 0.29) is 5.56 Å². The van der Waals surface area contributed by atoms with Crippen LogP contribution in [0, 0.1) is 5.82 Å². The normalized spacial score (nSPS) is 12.3. The monoisotopic (exact) mass is 283 g/mol. The number of hydrogen-bond acceptors (Lipinski definition) is 3. The van der Waals surface area contributed by atoms with Crippen LogP contribution < -0.4 is 4.74 Å². The van der Waals surface area contributed by atoms with Crippen molar-refractivity contribution in [2.45, 2.75) is 13.0 Å².